The molecule has 0 unspecified atom stereocenters. The van der Waals surface area contributed by atoms with Crippen LogP contribution in [0.5, 0.6) is 11.5 Å². The Kier molecular flexibility index (Phi) is 5.80. The molecule has 0 bridgehead atoms. The molecular formula is C10H12O3. The van der Waals surface area contributed by atoms with E-state index in [4.69, 9.17) is 10.2 Å². The molecule has 1 rings (SSSR count). The van der Waals surface area contributed by atoms with Crippen molar-refractivity contribution in [2.75, 3.05) is 0 Å². The van der Waals surface area contributed by atoms with Crippen LogP contribution in [0, 0.1) is 0 Å². The first-order valence-corrected chi connectivity index (χ1v) is 3.56. The summed E-state index contributed by atoms with van der Waals surface area (Å²) >= 11 is 0. The van der Waals surface area contributed by atoms with Gasteiger partial charge in [0.15, 0.2) is 11.5 Å². The summed E-state index contributed by atoms with van der Waals surface area (Å²) in [5.41, 5.74) is 0. The number of phenolic OH excluding ortho intramolecular Hbond substituents is 2. The molecule has 0 aromatic heterocycles. The van der Waals surface area contributed by atoms with E-state index in [-0.39, 0.29) is 11.5 Å². The molecule has 0 aliphatic heterocycles. The van der Waals surface area contributed by atoms with Crippen LogP contribution < -0.4 is 0 Å². The van der Waals surface area contributed by atoms with Crippen LogP contribution in [0.15, 0.2) is 49.9 Å². The molecule has 0 atom stereocenters. The summed E-state index contributed by atoms with van der Waals surface area (Å²) in [6.07, 6.45) is 2.62. The molecule has 3 nitrogen and oxygen atoms in total. The summed E-state index contributed by atoms with van der Waals surface area (Å²) in [7, 11) is 0. The minimum Gasteiger partial charge on any atom is -0.504 e. The topological polar surface area (TPSA) is 49.7 Å². The van der Waals surface area contributed by atoms with E-state index in [1.54, 1.807) is 12.1 Å². The Bertz CT molecular complexity index is 242. The highest BCUT2D eigenvalue weighted by Crippen LogP contribution is 2.21. The van der Waals surface area contributed by atoms with Crippen LogP contribution >= 0.6 is 0 Å². The van der Waals surface area contributed by atoms with E-state index in [1.165, 1.54) is 24.7 Å². The standard InChI is InChI=1S/C6H6O2.C4H6O/c7-5-3-1-2-4-6(5)8;1-3-5-4-2/h1-4,7-8H;3-4H,1-2H2. The van der Waals surface area contributed by atoms with Gasteiger partial charge >= 0.3 is 0 Å². The second-order valence-corrected chi connectivity index (χ2v) is 1.96. The van der Waals surface area contributed by atoms with Gasteiger partial charge in [0.1, 0.15) is 0 Å². The molecule has 0 saturated carbocycles. The van der Waals surface area contributed by atoms with Gasteiger partial charge in [-0.2, -0.15) is 0 Å². The lowest BCUT2D eigenvalue weighted by Crippen LogP contribution is -1.63. The highest BCUT2D eigenvalue weighted by Gasteiger charge is 1.90. The number of hydrogen-bond donors (Lipinski definition) is 2. The summed E-state index contributed by atoms with van der Waals surface area (Å²) in [6.45, 7) is 6.51. The van der Waals surface area contributed by atoms with Crippen molar-refractivity contribution in [1.82, 2.24) is 0 Å². The molecule has 3 heteroatoms. The number of benzene rings is 1. The van der Waals surface area contributed by atoms with Gasteiger partial charge in [0.2, 0.25) is 0 Å². The summed E-state index contributed by atoms with van der Waals surface area (Å²) in [6, 6.07) is 6.15. The minimum atomic E-state index is -0.0764. The van der Waals surface area contributed by atoms with E-state index in [2.05, 4.69) is 17.9 Å². The van der Waals surface area contributed by atoms with Crippen molar-refractivity contribution in [3.63, 3.8) is 0 Å². The predicted octanol–water partition coefficient (Wildman–Crippen LogP) is 2.39. The van der Waals surface area contributed by atoms with Gasteiger partial charge in [-0.25, -0.2) is 0 Å². The van der Waals surface area contributed by atoms with Gasteiger partial charge in [0.05, 0.1) is 12.5 Å². The highest BCUT2D eigenvalue weighted by molar-refractivity contribution is 5.36. The first kappa shape index (κ1) is 11.1. The van der Waals surface area contributed by atoms with E-state index < -0.39 is 0 Å². The molecule has 13 heavy (non-hydrogen) atoms. The Labute approximate surface area is 77.2 Å². The van der Waals surface area contributed by atoms with E-state index in [1.807, 2.05) is 0 Å². The second kappa shape index (κ2) is 6.79. The van der Waals surface area contributed by atoms with Crippen molar-refractivity contribution >= 4 is 0 Å². The van der Waals surface area contributed by atoms with Crippen LogP contribution in [0.2, 0.25) is 0 Å². The van der Waals surface area contributed by atoms with Gasteiger partial charge in [0.25, 0.3) is 0 Å². The van der Waals surface area contributed by atoms with Crippen molar-refractivity contribution in [2.24, 2.45) is 0 Å². The van der Waals surface area contributed by atoms with E-state index in [9.17, 15) is 0 Å². The van der Waals surface area contributed by atoms with Gasteiger partial charge in [0, 0.05) is 0 Å². The number of aromatic hydroxyl groups is 2. The second-order valence-electron chi connectivity index (χ2n) is 1.96. The molecule has 1 aromatic rings. The van der Waals surface area contributed by atoms with Crippen molar-refractivity contribution in [3.8, 4) is 11.5 Å². The molecular weight excluding hydrogens is 168 g/mol. The Morgan fingerprint density at radius 3 is 1.54 bits per heavy atom. The van der Waals surface area contributed by atoms with Crippen LogP contribution in [-0.2, 0) is 4.74 Å². The zero-order valence-electron chi connectivity index (χ0n) is 7.18. The zero-order valence-corrected chi connectivity index (χ0v) is 7.18. The Morgan fingerprint density at radius 1 is 1.00 bits per heavy atom. The van der Waals surface area contributed by atoms with E-state index in [0.717, 1.165) is 0 Å². The lowest BCUT2D eigenvalue weighted by Gasteiger charge is -1.91. The Balaban J connectivity index is 0.000000252. The molecule has 0 radical (unpaired) electrons. The number of rotatable bonds is 2. The van der Waals surface area contributed by atoms with Crippen molar-refractivity contribution < 1.29 is 14.9 Å². The lowest BCUT2D eigenvalue weighted by molar-refractivity contribution is 0.404. The summed E-state index contributed by atoms with van der Waals surface area (Å²) in [5.74, 6) is -0.153. The summed E-state index contributed by atoms with van der Waals surface area (Å²) in [4.78, 5) is 0. The third-order valence-electron chi connectivity index (χ3n) is 1.07. The molecule has 70 valence electrons. The van der Waals surface area contributed by atoms with Crippen molar-refractivity contribution in [1.29, 1.82) is 0 Å². The molecule has 0 spiro atoms. The number of ether oxygens (including phenoxy) is 1. The highest BCUT2D eigenvalue weighted by atomic mass is 16.5. The van der Waals surface area contributed by atoms with Crippen LogP contribution in [-0.4, -0.2) is 10.2 Å². The number of phenols is 2. The number of hydrogen-bond acceptors (Lipinski definition) is 3. The minimum absolute atomic E-state index is 0.0764. The van der Waals surface area contributed by atoms with Crippen LogP contribution in [0.3, 0.4) is 0 Å². The first-order chi connectivity index (χ1) is 6.22. The quantitative estimate of drug-likeness (QED) is 0.542. The van der Waals surface area contributed by atoms with Gasteiger partial charge in [-0.05, 0) is 12.1 Å². The Morgan fingerprint density at radius 2 is 1.38 bits per heavy atom. The van der Waals surface area contributed by atoms with Crippen LogP contribution in [0.4, 0.5) is 0 Å². The molecule has 1 aromatic carbocycles. The monoisotopic (exact) mass is 180 g/mol. The fourth-order valence-electron chi connectivity index (χ4n) is 0.532. The van der Waals surface area contributed by atoms with Gasteiger partial charge in [-0.15, -0.1) is 0 Å². The summed E-state index contributed by atoms with van der Waals surface area (Å²) in [5, 5.41) is 17.3. The molecule has 0 saturated heterocycles. The third-order valence-corrected chi connectivity index (χ3v) is 1.07. The average molecular weight is 180 g/mol. The molecule has 0 fully saturated rings. The maximum atomic E-state index is 8.67. The van der Waals surface area contributed by atoms with Gasteiger partial charge < -0.3 is 14.9 Å². The molecule has 0 aliphatic rings. The molecule has 0 aliphatic carbocycles. The third kappa shape index (κ3) is 5.38. The van der Waals surface area contributed by atoms with Crippen molar-refractivity contribution in [3.05, 3.63) is 49.9 Å². The van der Waals surface area contributed by atoms with Crippen LogP contribution in [0.25, 0.3) is 0 Å². The van der Waals surface area contributed by atoms with E-state index >= 15 is 0 Å². The normalized spacial score (nSPS) is 7.69. The fraction of sp³-hybridized carbons (Fsp3) is 0. The number of para-hydroxylation sites is 2. The average Bonchev–Trinajstić information content (AvgIpc) is 2.13. The van der Waals surface area contributed by atoms with Crippen molar-refractivity contribution in [2.45, 2.75) is 0 Å². The van der Waals surface area contributed by atoms with Gasteiger partial charge in [-0.3, -0.25) is 0 Å². The van der Waals surface area contributed by atoms with E-state index in [0.29, 0.717) is 0 Å². The maximum Gasteiger partial charge on any atom is 0.157 e. The van der Waals surface area contributed by atoms with Crippen LogP contribution in [0.1, 0.15) is 0 Å². The Hall–Kier alpha value is -1.90. The molecule has 0 amide bonds. The zero-order chi connectivity index (χ0) is 10.1. The predicted molar refractivity (Wildman–Crippen MR) is 51.3 cm³/mol. The smallest absolute Gasteiger partial charge is 0.157 e. The maximum absolute atomic E-state index is 8.67. The fourth-order valence-corrected chi connectivity index (χ4v) is 0.532. The lowest BCUT2D eigenvalue weighted by atomic mass is 10.3. The SMILES string of the molecule is C=COC=C.Oc1ccccc1O. The first-order valence-electron chi connectivity index (χ1n) is 3.56. The largest absolute Gasteiger partial charge is 0.504 e. The molecule has 2 N–H and O–H groups in total. The summed E-state index contributed by atoms with van der Waals surface area (Å²) < 4.78 is 4.36. The molecule has 0 heterocycles. The van der Waals surface area contributed by atoms with Gasteiger partial charge in [-0.1, -0.05) is 25.3 Å².